The number of hydrogen-bond acceptors (Lipinski definition) is 4. The molecule has 0 spiro atoms. The van der Waals surface area contributed by atoms with Crippen molar-refractivity contribution in [2.24, 2.45) is 39.7 Å². The number of fused-ring (bicyclic) bond motifs is 5. The van der Waals surface area contributed by atoms with E-state index in [1.165, 1.54) is 44.2 Å². The van der Waals surface area contributed by atoms with Crippen molar-refractivity contribution in [3.8, 4) is 11.8 Å². The van der Waals surface area contributed by atoms with Crippen LogP contribution < -0.4 is 4.84 Å². The van der Waals surface area contributed by atoms with Gasteiger partial charge in [0.15, 0.2) is 5.75 Å². The minimum absolute atomic E-state index is 0.0848. The second kappa shape index (κ2) is 7.38. The zero-order valence-corrected chi connectivity index (χ0v) is 18.3. The summed E-state index contributed by atoms with van der Waals surface area (Å²) in [5.41, 5.74) is 2.40. The van der Waals surface area contributed by atoms with E-state index >= 15 is 0 Å². The SMILES string of the molecule is C[C@]12CC/C(=N\Oc3ccc(C#N)cc3)C[C@@H]1CC[C@@H]1[C@@H]2CC[C@]2(C)[C@@H](O)CC[C@@H]12. The van der Waals surface area contributed by atoms with Gasteiger partial charge in [0.1, 0.15) is 0 Å². The molecular formula is C26H34N2O2. The fourth-order valence-electron chi connectivity index (χ4n) is 7.82. The van der Waals surface area contributed by atoms with Gasteiger partial charge in [-0.25, -0.2) is 0 Å². The number of nitrogens with zero attached hydrogens (tertiary/aromatic N) is 2. The fourth-order valence-corrected chi connectivity index (χ4v) is 7.82. The smallest absolute Gasteiger partial charge is 0.158 e. The van der Waals surface area contributed by atoms with Gasteiger partial charge in [-0.1, -0.05) is 19.0 Å². The van der Waals surface area contributed by atoms with Crippen LogP contribution in [0.2, 0.25) is 0 Å². The molecule has 7 atom stereocenters. The van der Waals surface area contributed by atoms with E-state index in [9.17, 15) is 5.11 Å². The predicted octanol–water partition coefficient (Wildman–Crippen LogP) is 5.70. The van der Waals surface area contributed by atoms with E-state index in [1.807, 2.05) is 12.1 Å². The summed E-state index contributed by atoms with van der Waals surface area (Å²) in [7, 11) is 0. The molecule has 0 aromatic heterocycles. The number of rotatable bonds is 2. The standard InChI is InChI=1S/C26H34N2O2/c1-25-13-11-19(28-30-20-6-3-17(16-27)4-7-20)15-18(25)5-8-21-22-9-10-24(29)26(22,2)14-12-23(21)25/h3-4,6-7,18,21-24,29H,5,8-15H2,1-2H3/b28-19+/t18-,21-,22-,23-,24-,25-,26-/m0/s1. The molecule has 1 aromatic carbocycles. The van der Waals surface area contributed by atoms with Gasteiger partial charge in [0.2, 0.25) is 0 Å². The van der Waals surface area contributed by atoms with Gasteiger partial charge in [-0.15, -0.1) is 0 Å². The summed E-state index contributed by atoms with van der Waals surface area (Å²) >= 11 is 0. The Hall–Kier alpha value is -1.86. The molecule has 0 heterocycles. The third kappa shape index (κ3) is 3.09. The lowest BCUT2D eigenvalue weighted by molar-refractivity contribution is -0.112. The summed E-state index contributed by atoms with van der Waals surface area (Å²) in [6.45, 7) is 4.92. The average Bonchev–Trinajstić information content (AvgIpc) is 3.07. The van der Waals surface area contributed by atoms with Crippen LogP contribution in [0.3, 0.4) is 0 Å². The van der Waals surface area contributed by atoms with Crippen molar-refractivity contribution < 1.29 is 9.94 Å². The number of aliphatic hydroxyl groups excluding tert-OH is 1. The molecule has 4 heteroatoms. The third-order valence-electron chi connectivity index (χ3n) is 9.71. The van der Waals surface area contributed by atoms with Crippen LogP contribution in [0, 0.1) is 45.8 Å². The second-order valence-corrected chi connectivity index (χ2v) is 10.9. The van der Waals surface area contributed by atoms with Crippen molar-refractivity contribution in [3.05, 3.63) is 29.8 Å². The Bertz CT molecular complexity index is 872. The van der Waals surface area contributed by atoms with Gasteiger partial charge in [-0.3, -0.25) is 0 Å². The number of hydrogen-bond donors (Lipinski definition) is 1. The predicted molar refractivity (Wildman–Crippen MR) is 117 cm³/mol. The van der Waals surface area contributed by atoms with Crippen molar-refractivity contribution in [1.29, 1.82) is 5.26 Å². The first kappa shape index (κ1) is 20.1. The first-order valence-corrected chi connectivity index (χ1v) is 11.8. The molecule has 1 aromatic rings. The third-order valence-corrected chi connectivity index (χ3v) is 9.71. The number of nitriles is 1. The molecule has 1 N–H and O–H groups in total. The molecule has 4 aliphatic carbocycles. The Morgan fingerprint density at radius 2 is 1.77 bits per heavy atom. The molecule has 4 aliphatic rings. The van der Waals surface area contributed by atoms with Crippen LogP contribution in [0.5, 0.6) is 5.75 Å². The molecular weight excluding hydrogens is 372 g/mol. The molecule has 0 radical (unpaired) electrons. The van der Waals surface area contributed by atoms with E-state index in [4.69, 9.17) is 10.1 Å². The summed E-state index contributed by atoms with van der Waals surface area (Å²) in [5.74, 6) is 3.73. The quantitative estimate of drug-likeness (QED) is 0.641. The van der Waals surface area contributed by atoms with Crippen LogP contribution in [0.4, 0.5) is 0 Å². The normalized spacial score (nSPS) is 43.9. The van der Waals surface area contributed by atoms with E-state index < -0.39 is 0 Å². The van der Waals surface area contributed by atoms with E-state index in [1.54, 1.807) is 12.1 Å². The zero-order chi connectivity index (χ0) is 20.9. The lowest BCUT2D eigenvalue weighted by Crippen LogP contribution is -2.54. The van der Waals surface area contributed by atoms with Crippen molar-refractivity contribution >= 4 is 5.71 Å². The summed E-state index contributed by atoms with van der Waals surface area (Å²) in [5, 5.41) is 24.1. The molecule has 5 rings (SSSR count). The first-order chi connectivity index (χ1) is 14.4. The van der Waals surface area contributed by atoms with Gasteiger partial charge in [0, 0.05) is 0 Å². The van der Waals surface area contributed by atoms with Crippen LogP contribution in [0.15, 0.2) is 29.4 Å². The highest BCUT2D eigenvalue weighted by Crippen LogP contribution is 2.65. The lowest BCUT2D eigenvalue weighted by Gasteiger charge is -2.60. The second-order valence-electron chi connectivity index (χ2n) is 10.9. The van der Waals surface area contributed by atoms with Crippen molar-refractivity contribution in [2.45, 2.75) is 77.7 Å². The summed E-state index contributed by atoms with van der Waals surface area (Å²) < 4.78 is 0. The molecule has 0 saturated heterocycles. The Kier molecular flexibility index (Phi) is 4.93. The Morgan fingerprint density at radius 1 is 1.00 bits per heavy atom. The fraction of sp³-hybridized carbons (Fsp3) is 0.692. The van der Waals surface area contributed by atoms with Crippen LogP contribution in [0.1, 0.15) is 77.2 Å². The van der Waals surface area contributed by atoms with Gasteiger partial charge in [0.25, 0.3) is 0 Å². The number of benzene rings is 1. The van der Waals surface area contributed by atoms with E-state index in [0.29, 0.717) is 22.6 Å². The van der Waals surface area contributed by atoms with Crippen LogP contribution in [-0.2, 0) is 0 Å². The molecule has 0 amide bonds. The highest BCUT2D eigenvalue weighted by Gasteiger charge is 2.59. The lowest BCUT2D eigenvalue weighted by atomic mass is 9.45. The monoisotopic (exact) mass is 406 g/mol. The molecule has 4 nitrogen and oxygen atoms in total. The number of aliphatic hydroxyl groups is 1. The molecule has 4 saturated carbocycles. The molecule has 30 heavy (non-hydrogen) atoms. The van der Waals surface area contributed by atoms with E-state index in [-0.39, 0.29) is 11.5 Å². The summed E-state index contributed by atoms with van der Waals surface area (Å²) in [6.07, 6.45) is 10.5. The largest absolute Gasteiger partial charge is 0.393 e. The maximum Gasteiger partial charge on any atom is 0.158 e. The molecule has 4 fully saturated rings. The minimum Gasteiger partial charge on any atom is -0.393 e. The Morgan fingerprint density at radius 3 is 2.53 bits per heavy atom. The molecule has 0 bridgehead atoms. The van der Waals surface area contributed by atoms with Gasteiger partial charge in [0.05, 0.1) is 23.4 Å². The Labute approximate surface area is 180 Å². The van der Waals surface area contributed by atoms with Crippen molar-refractivity contribution in [1.82, 2.24) is 0 Å². The maximum absolute atomic E-state index is 10.6. The van der Waals surface area contributed by atoms with Crippen LogP contribution in [0.25, 0.3) is 0 Å². The van der Waals surface area contributed by atoms with Gasteiger partial charge in [-0.2, -0.15) is 5.26 Å². The van der Waals surface area contributed by atoms with Gasteiger partial charge in [-0.05, 0) is 117 Å². The van der Waals surface area contributed by atoms with Crippen molar-refractivity contribution in [3.63, 3.8) is 0 Å². The number of oxime groups is 1. The topological polar surface area (TPSA) is 65.6 Å². The minimum atomic E-state index is -0.0848. The zero-order valence-electron chi connectivity index (χ0n) is 18.3. The van der Waals surface area contributed by atoms with Crippen molar-refractivity contribution in [2.75, 3.05) is 0 Å². The van der Waals surface area contributed by atoms with E-state index in [0.717, 1.165) is 37.0 Å². The summed E-state index contributed by atoms with van der Waals surface area (Å²) in [4.78, 5) is 5.70. The highest BCUT2D eigenvalue weighted by atomic mass is 16.6. The van der Waals surface area contributed by atoms with Gasteiger partial charge < -0.3 is 9.94 Å². The molecule has 0 aliphatic heterocycles. The molecule has 160 valence electrons. The highest BCUT2D eigenvalue weighted by molar-refractivity contribution is 5.85. The molecule has 0 unspecified atom stereocenters. The summed E-state index contributed by atoms with van der Waals surface area (Å²) in [6, 6.07) is 9.30. The first-order valence-electron chi connectivity index (χ1n) is 11.8. The maximum atomic E-state index is 10.6. The van der Waals surface area contributed by atoms with Crippen LogP contribution >= 0.6 is 0 Å². The van der Waals surface area contributed by atoms with Gasteiger partial charge >= 0.3 is 0 Å². The van der Waals surface area contributed by atoms with E-state index in [2.05, 4.69) is 25.1 Å². The van der Waals surface area contributed by atoms with Crippen LogP contribution in [-0.4, -0.2) is 16.9 Å². The Balaban J connectivity index is 1.28. The average molecular weight is 407 g/mol.